The van der Waals surface area contributed by atoms with Gasteiger partial charge >= 0.3 is 5.97 Å². The Balaban J connectivity index is 1.66. The third-order valence-electron chi connectivity index (χ3n) is 4.41. The molecule has 2 rings (SSSR count). The predicted molar refractivity (Wildman–Crippen MR) is 107 cm³/mol. The number of methoxy groups -OCH3 is 1. The van der Waals surface area contributed by atoms with Crippen molar-refractivity contribution in [3.05, 3.63) is 35.5 Å². The van der Waals surface area contributed by atoms with Crippen LogP contribution in [0.3, 0.4) is 0 Å². The van der Waals surface area contributed by atoms with Crippen LogP contribution in [0, 0.1) is 6.92 Å². The molecule has 1 aromatic carbocycles. The van der Waals surface area contributed by atoms with Gasteiger partial charge in [-0.25, -0.2) is 0 Å². The lowest BCUT2D eigenvalue weighted by atomic mass is 10.1. The summed E-state index contributed by atoms with van der Waals surface area (Å²) in [5.41, 5.74) is 3.76. The quantitative estimate of drug-likeness (QED) is 0.279. The number of unbranched alkanes of at least 4 members (excludes halogenated alkanes) is 2. The molecule has 1 heterocycles. The number of rotatable bonds is 9. The summed E-state index contributed by atoms with van der Waals surface area (Å²) >= 11 is 0. The molecule has 26 heavy (non-hydrogen) atoms. The second-order valence-electron chi connectivity index (χ2n) is 6.43. The van der Waals surface area contributed by atoms with Crippen molar-refractivity contribution >= 4 is 22.8 Å². The molecule has 2 aromatic rings. The summed E-state index contributed by atoms with van der Waals surface area (Å²) in [6, 6.07) is 6.50. The lowest BCUT2D eigenvalue weighted by molar-refractivity contribution is -0.140. The first kappa shape index (κ1) is 19.8. The SMILES string of the molecule is CN=C(NCCCCCC(=O)OC)NCCc1c[nH]c2cc(C)ccc12. The van der Waals surface area contributed by atoms with Gasteiger partial charge in [0.25, 0.3) is 0 Å². The molecule has 0 fully saturated rings. The second kappa shape index (κ2) is 10.5. The fourth-order valence-electron chi connectivity index (χ4n) is 2.92. The molecule has 6 heteroatoms. The zero-order valence-electron chi connectivity index (χ0n) is 16.0. The van der Waals surface area contributed by atoms with Gasteiger partial charge in [-0.15, -0.1) is 0 Å². The summed E-state index contributed by atoms with van der Waals surface area (Å²) < 4.78 is 4.63. The molecule has 1 aromatic heterocycles. The molecule has 0 radical (unpaired) electrons. The van der Waals surface area contributed by atoms with Crippen molar-refractivity contribution in [3.8, 4) is 0 Å². The van der Waals surface area contributed by atoms with Crippen molar-refractivity contribution in [2.75, 3.05) is 27.2 Å². The number of benzene rings is 1. The first-order chi connectivity index (χ1) is 12.6. The van der Waals surface area contributed by atoms with Crippen molar-refractivity contribution in [2.24, 2.45) is 4.99 Å². The molecule has 0 unspecified atom stereocenters. The number of fused-ring (bicyclic) bond motifs is 1. The number of hydrogen-bond acceptors (Lipinski definition) is 3. The predicted octanol–water partition coefficient (Wildman–Crippen LogP) is 2.92. The van der Waals surface area contributed by atoms with Gasteiger partial charge in [-0.1, -0.05) is 18.6 Å². The Morgan fingerprint density at radius 3 is 2.77 bits per heavy atom. The van der Waals surface area contributed by atoms with E-state index in [1.165, 1.54) is 29.1 Å². The minimum Gasteiger partial charge on any atom is -0.469 e. The van der Waals surface area contributed by atoms with Crippen LogP contribution in [0.2, 0.25) is 0 Å². The highest BCUT2D eigenvalue weighted by Gasteiger charge is 2.04. The number of nitrogens with one attached hydrogen (secondary N) is 3. The fourth-order valence-corrected chi connectivity index (χ4v) is 2.92. The molecule has 0 saturated heterocycles. The number of guanidine groups is 1. The Bertz CT molecular complexity index is 736. The number of aromatic nitrogens is 1. The Kier molecular flexibility index (Phi) is 7.99. The normalized spacial score (nSPS) is 11.6. The van der Waals surface area contributed by atoms with Gasteiger partial charge in [0.1, 0.15) is 0 Å². The molecule has 0 aliphatic heterocycles. The Morgan fingerprint density at radius 1 is 1.19 bits per heavy atom. The molecule has 0 spiro atoms. The maximum atomic E-state index is 11.0. The zero-order valence-corrected chi connectivity index (χ0v) is 16.0. The highest BCUT2D eigenvalue weighted by atomic mass is 16.5. The van der Waals surface area contributed by atoms with E-state index >= 15 is 0 Å². The summed E-state index contributed by atoms with van der Waals surface area (Å²) in [5.74, 6) is 0.677. The molecule has 0 bridgehead atoms. The molecule has 0 aliphatic rings. The summed E-state index contributed by atoms with van der Waals surface area (Å²) in [4.78, 5) is 18.6. The van der Waals surface area contributed by atoms with Gasteiger partial charge in [0.2, 0.25) is 0 Å². The van der Waals surface area contributed by atoms with E-state index in [9.17, 15) is 4.79 Å². The van der Waals surface area contributed by atoms with Crippen LogP contribution < -0.4 is 10.6 Å². The van der Waals surface area contributed by atoms with E-state index < -0.39 is 0 Å². The topological polar surface area (TPSA) is 78.5 Å². The number of carbonyl (C=O) groups excluding carboxylic acids is 1. The van der Waals surface area contributed by atoms with Gasteiger partial charge in [-0.2, -0.15) is 0 Å². The van der Waals surface area contributed by atoms with E-state index in [-0.39, 0.29) is 5.97 Å². The minimum absolute atomic E-state index is 0.136. The van der Waals surface area contributed by atoms with E-state index in [4.69, 9.17) is 0 Å². The van der Waals surface area contributed by atoms with Crippen molar-refractivity contribution < 1.29 is 9.53 Å². The highest BCUT2D eigenvalue weighted by molar-refractivity contribution is 5.84. The maximum absolute atomic E-state index is 11.0. The van der Waals surface area contributed by atoms with Gasteiger partial charge in [-0.05, 0) is 43.4 Å². The number of carbonyl (C=O) groups is 1. The number of aromatic amines is 1. The zero-order chi connectivity index (χ0) is 18.8. The third kappa shape index (κ3) is 6.10. The average Bonchev–Trinajstić information content (AvgIpc) is 3.04. The standard InChI is InChI=1S/C20H30N4O2/c1-15-8-9-17-16(14-24-18(17)13-15)10-12-23-20(21-2)22-11-6-4-5-7-19(25)26-3/h8-9,13-14,24H,4-7,10-12H2,1-3H3,(H2,21,22,23). The van der Waals surface area contributed by atoms with Crippen molar-refractivity contribution in [1.29, 1.82) is 0 Å². The first-order valence-electron chi connectivity index (χ1n) is 9.22. The van der Waals surface area contributed by atoms with Crippen molar-refractivity contribution in [1.82, 2.24) is 15.6 Å². The smallest absolute Gasteiger partial charge is 0.305 e. The highest BCUT2D eigenvalue weighted by Crippen LogP contribution is 2.19. The summed E-state index contributed by atoms with van der Waals surface area (Å²) in [7, 11) is 3.21. The Morgan fingerprint density at radius 2 is 2.00 bits per heavy atom. The van der Waals surface area contributed by atoms with Crippen molar-refractivity contribution in [2.45, 2.75) is 39.0 Å². The average molecular weight is 358 g/mol. The fraction of sp³-hybridized carbons (Fsp3) is 0.500. The van der Waals surface area contributed by atoms with Gasteiger partial charge < -0.3 is 20.4 Å². The van der Waals surface area contributed by atoms with Gasteiger partial charge in [0.05, 0.1) is 7.11 Å². The number of nitrogens with zero attached hydrogens (tertiary/aromatic N) is 1. The number of esters is 1. The summed E-state index contributed by atoms with van der Waals surface area (Å²) in [5, 5.41) is 7.95. The molecular formula is C20H30N4O2. The van der Waals surface area contributed by atoms with Crippen LogP contribution in [0.4, 0.5) is 0 Å². The molecule has 142 valence electrons. The molecular weight excluding hydrogens is 328 g/mol. The summed E-state index contributed by atoms with van der Waals surface area (Å²) in [6.45, 7) is 3.77. The Hall–Kier alpha value is -2.50. The van der Waals surface area contributed by atoms with Gasteiger partial charge in [0, 0.05) is 43.7 Å². The lowest BCUT2D eigenvalue weighted by Crippen LogP contribution is -2.38. The third-order valence-corrected chi connectivity index (χ3v) is 4.41. The number of aliphatic imine (C=N–C) groups is 1. The van der Waals surface area contributed by atoms with Crippen LogP contribution in [0.25, 0.3) is 10.9 Å². The largest absolute Gasteiger partial charge is 0.469 e. The molecule has 0 amide bonds. The van der Waals surface area contributed by atoms with E-state index in [2.05, 4.69) is 56.7 Å². The van der Waals surface area contributed by atoms with Gasteiger partial charge in [0.15, 0.2) is 5.96 Å². The van der Waals surface area contributed by atoms with E-state index in [1.807, 2.05) is 0 Å². The van der Waals surface area contributed by atoms with Crippen LogP contribution in [0.1, 0.15) is 36.8 Å². The lowest BCUT2D eigenvalue weighted by Gasteiger charge is -2.11. The van der Waals surface area contributed by atoms with Crippen LogP contribution in [0.15, 0.2) is 29.4 Å². The van der Waals surface area contributed by atoms with Crippen molar-refractivity contribution in [3.63, 3.8) is 0 Å². The van der Waals surface area contributed by atoms with E-state index in [0.29, 0.717) is 6.42 Å². The van der Waals surface area contributed by atoms with E-state index in [1.54, 1.807) is 7.05 Å². The molecule has 0 aliphatic carbocycles. The summed E-state index contributed by atoms with van der Waals surface area (Å²) in [6.07, 6.45) is 6.37. The van der Waals surface area contributed by atoms with E-state index in [0.717, 1.165) is 44.7 Å². The Labute approximate surface area is 155 Å². The van der Waals surface area contributed by atoms with Gasteiger partial charge in [-0.3, -0.25) is 9.79 Å². The molecule has 0 atom stereocenters. The first-order valence-corrected chi connectivity index (χ1v) is 9.22. The van der Waals surface area contributed by atoms with Crippen LogP contribution in [0.5, 0.6) is 0 Å². The monoisotopic (exact) mass is 358 g/mol. The second-order valence-corrected chi connectivity index (χ2v) is 6.43. The van der Waals surface area contributed by atoms with Crippen LogP contribution in [-0.4, -0.2) is 44.2 Å². The molecule has 0 saturated carbocycles. The van der Waals surface area contributed by atoms with Crippen LogP contribution in [-0.2, 0) is 16.0 Å². The number of H-pyrrole nitrogens is 1. The number of aryl methyl sites for hydroxylation is 1. The minimum atomic E-state index is -0.136. The maximum Gasteiger partial charge on any atom is 0.305 e. The molecule has 3 N–H and O–H groups in total. The van der Waals surface area contributed by atoms with Crippen LogP contribution >= 0.6 is 0 Å². The number of hydrogen-bond donors (Lipinski definition) is 3. The number of ether oxygens (including phenoxy) is 1. The molecule has 6 nitrogen and oxygen atoms in total.